The lowest BCUT2D eigenvalue weighted by atomic mass is 9.99. The van der Waals surface area contributed by atoms with E-state index in [1.807, 2.05) is 0 Å². The zero-order chi connectivity index (χ0) is 8.43. The van der Waals surface area contributed by atoms with Crippen LogP contribution in [0.5, 0.6) is 0 Å². The molecular formula is C9H17NO. The highest BCUT2D eigenvalue weighted by Gasteiger charge is 2.31. The summed E-state index contributed by atoms with van der Waals surface area (Å²) in [6.45, 7) is 1.71. The van der Waals surface area contributed by atoms with E-state index in [4.69, 9.17) is 0 Å². The largest absolute Gasteiger partial charge is 0.306 e. The molecule has 2 nitrogen and oxygen atoms in total. The molecule has 64 valence electrons. The molecular weight excluding hydrogens is 138 g/mol. The Morgan fingerprint density at radius 3 is 2.36 bits per heavy atom. The van der Waals surface area contributed by atoms with Gasteiger partial charge in [-0.15, -0.1) is 0 Å². The monoisotopic (exact) mass is 155 g/mol. The van der Waals surface area contributed by atoms with Gasteiger partial charge in [0.05, 0.1) is 0 Å². The van der Waals surface area contributed by atoms with Crippen molar-refractivity contribution >= 4 is 5.78 Å². The van der Waals surface area contributed by atoms with Gasteiger partial charge in [-0.1, -0.05) is 6.42 Å². The standard InChI is InChI=1S/C9H17NO/c1-7(11)8-5-4-6-9(8)10(2)3/h8-9H,4-6H2,1-3H3. The van der Waals surface area contributed by atoms with Gasteiger partial charge in [0.15, 0.2) is 0 Å². The van der Waals surface area contributed by atoms with Crippen LogP contribution in [0.3, 0.4) is 0 Å². The molecule has 0 heterocycles. The number of hydrogen-bond donors (Lipinski definition) is 0. The number of carbonyl (C=O) groups is 1. The quantitative estimate of drug-likeness (QED) is 0.599. The lowest BCUT2D eigenvalue weighted by molar-refractivity contribution is -0.121. The van der Waals surface area contributed by atoms with Gasteiger partial charge in [-0.05, 0) is 33.9 Å². The van der Waals surface area contributed by atoms with Crippen LogP contribution in [0.4, 0.5) is 0 Å². The van der Waals surface area contributed by atoms with Crippen LogP contribution in [-0.2, 0) is 4.79 Å². The van der Waals surface area contributed by atoms with Crippen LogP contribution in [0.25, 0.3) is 0 Å². The highest BCUT2D eigenvalue weighted by Crippen LogP contribution is 2.28. The third kappa shape index (κ3) is 1.80. The lowest BCUT2D eigenvalue weighted by Gasteiger charge is -2.24. The Morgan fingerprint density at radius 2 is 2.00 bits per heavy atom. The Balaban J connectivity index is 2.58. The third-order valence-electron chi connectivity index (χ3n) is 2.66. The molecule has 1 saturated carbocycles. The summed E-state index contributed by atoms with van der Waals surface area (Å²) in [5.41, 5.74) is 0. The molecule has 1 fully saturated rings. The van der Waals surface area contributed by atoms with Crippen LogP contribution in [0.15, 0.2) is 0 Å². The minimum absolute atomic E-state index is 0.310. The highest BCUT2D eigenvalue weighted by atomic mass is 16.1. The maximum absolute atomic E-state index is 11.1. The first-order chi connectivity index (χ1) is 5.13. The van der Waals surface area contributed by atoms with E-state index in [0.29, 0.717) is 17.7 Å². The molecule has 0 bridgehead atoms. The molecule has 0 radical (unpaired) electrons. The van der Waals surface area contributed by atoms with Crippen molar-refractivity contribution in [3.8, 4) is 0 Å². The number of carbonyl (C=O) groups excluding carboxylic acids is 1. The summed E-state index contributed by atoms with van der Waals surface area (Å²) >= 11 is 0. The Labute approximate surface area is 68.6 Å². The number of ketones is 1. The van der Waals surface area contributed by atoms with E-state index >= 15 is 0 Å². The number of hydrogen-bond acceptors (Lipinski definition) is 2. The Bertz CT molecular complexity index is 154. The van der Waals surface area contributed by atoms with Crippen LogP contribution in [0, 0.1) is 5.92 Å². The van der Waals surface area contributed by atoms with Gasteiger partial charge in [0.1, 0.15) is 5.78 Å². The van der Waals surface area contributed by atoms with E-state index in [1.165, 1.54) is 12.8 Å². The van der Waals surface area contributed by atoms with Crippen molar-refractivity contribution in [2.24, 2.45) is 5.92 Å². The van der Waals surface area contributed by atoms with Gasteiger partial charge in [0.2, 0.25) is 0 Å². The van der Waals surface area contributed by atoms with E-state index in [2.05, 4.69) is 19.0 Å². The van der Waals surface area contributed by atoms with E-state index in [0.717, 1.165) is 6.42 Å². The summed E-state index contributed by atoms with van der Waals surface area (Å²) in [5.74, 6) is 0.672. The number of rotatable bonds is 2. The van der Waals surface area contributed by atoms with Crippen LogP contribution >= 0.6 is 0 Å². The predicted octanol–water partition coefficient (Wildman–Crippen LogP) is 1.31. The molecule has 0 aromatic carbocycles. The van der Waals surface area contributed by atoms with Crippen molar-refractivity contribution in [2.75, 3.05) is 14.1 Å². The van der Waals surface area contributed by atoms with Gasteiger partial charge in [-0.3, -0.25) is 4.79 Å². The summed E-state index contributed by atoms with van der Waals surface area (Å²) < 4.78 is 0. The van der Waals surface area contributed by atoms with E-state index in [9.17, 15) is 4.79 Å². The molecule has 0 aromatic heterocycles. The van der Waals surface area contributed by atoms with Gasteiger partial charge in [-0.2, -0.15) is 0 Å². The van der Waals surface area contributed by atoms with Crippen LogP contribution in [-0.4, -0.2) is 30.8 Å². The SMILES string of the molecule is CC(=O)C1CCCC1N(C)C. The van der Waals surface area contributed by atoms with Gasteiger partial charge in [0.25, 0.3) is 0 Å². The fraction of sp³-hybridized carbons (Fsp3) is 0.889. The molecule has 11 heavy (non-hydrogen) atoms. The van der Waals surface area contributed by atoms with E-state index in [1.54, 1.807) is 6.92 Å². The molecule has 1 rings (SSSR count). The average Bonchev–Trinajstić information content (AvgIpc) is 2.32. The second kappa shape index (κ2) is 3.35. The Morgan fingerprint density at radius 1 is 1.36 bits per heavy atom. The van der Waals surface area contributed by atoms with Gasteiger partial charge >= 0.3 is 0 Å². The Hall–Kier alpha value is -0.370. The van der Waals surface area contributed by atoms with Crippen molar-refractivity contribution in [1.82, 2.24) is 4.90 Å². The minimum Gasteiger partial charge on any atom is -0.306 e. The Kier molecular flexibility index (Phi) is 2.66. The zero-order valence-electron chi connectivity index (χ0n) is 7.63. The first-order valence-corrected chi connectivity index (χ1v) is 4.30. The van der Waals surface area contributed by atoms with Crippen molar-refractivity contribution < 1.29 is 4.79 Å². The molecule has 2 atom stereocenters. The maximum atomic E-state index is 11.1. The minimum atomic E-state index is 0.310. The number of nitrogens with zero attached hydrogens (tertiary/aromatic N) is 1. The van der Waals surface area contributed by atoms with Crippen molar-refractivity contribution in [2.45, 2.75) is 32.2 Å². The van der Waals surface area contributed by atoms with Gasteiger partial charge in [0, 0.05) is 12.0 Å². The summed E-state index contributed by atoms with van der Waals surface area (Å²) in [6.07, 6.45) is 3.50. The predicted molar refractivity (Wildman–Crippen MR) is 45.5 cm³/mol. The normalized spacial score (nSPS) is 31.3. The molecule has 0 aromatic rings. The van der Waals surface area contributed by atoms with Gasteiger partial charge in [-0.25, -0.2) is 0 Å². The van der Waals surface area contributed by atoms with Crippen LogP contribution in [0.1, 0.15) is 26.2 Å². The molecule has 0 saturated heterocycles. The highest BCUT2D eigenvalue weighted by molar-refractivity contribution is 5.79. The second-order valence-corrected chi connectivity index (χ2v) is 3.68. The molecule has 0 amide bonds. The lowest BCUT2D eigenvalue weighted by Crippen LogP contribution is -2.34. The average molecular weight is 155 g/mol. The smallest absolute Gasteiger partial charge is 0.134 e. The second-order valence-electron chi connectivity index (χ2n) is 3.68. The molecule has 2 unspecified atom stereocenters. The first-order valence-electron chi connectivity index (χ1n) is 4.30. The summed E-state index contributed by atoms with van der Waals surface area (Å²) in [6, 6.07) is 0.507. The fourth-order valence-corrected chi connectivity index (χ4v) is 2.03. The van der Waals surface area contributed by atoms with Gasteiger partial charge < -0.3 is 4.90 Å². The molecule has 0 spiro atoms. The topological polar surface area (TPSA) is 20.3 Å². The van der Waals surface area contributed by atoms with E-state index in [-0.39, 0.29) is 0 Å². The van der Waals surface area contributed by atoms with Crippen molar-refractivity contribution in [3.05, 3.63) is 0 Å². The fourth-order valence-electron chi connectivity index (χ4n) is 2.03. The maximum Gasteiger partial charge on any atom is 0.134 e. The molecule has 2 heteroatoms. The summed E-state index contributed by atoms with van der Waals surface area (Å²) in [5, 5.41) is 0. The van der Waals surface area contributed by atoms with Crippen molar-refractivity contribution in [3.63, 3.8) is 0 Å². The summed E-state index contributed by atoms with van der Waals surface area (Å²) in [4.78, 5) is 13.3. The van der Waals surface area contributed by atoms with E-state index < -0.39 is 0 Å². The molecule has 1 aliphatic carbocycles. The van der Waals surface area contributed by atoms with Crippen LogP contribution in [0.2, 0.25) is 0 Å². The zero-order valence-corrected chi connectivity index (χ0v) is 7.63. The molecule has 1 aliphatic rings. The molecule has 0 aliphatic heterocycles. The summed E-state index contributed by atoms with van der Waals surface area (Å²) in [7, 11) is 4.12. The number of Topliss-reactive ketones (excluding diaryl/α,β-unsaturated/α-hetero) is 1. The molecule has 0 N–H and O–H groups in total. The van der Waals surface area contributed by atoms with Crippen LogP contribution < -0.4 is 0 Å². The third-order valence-corrected chi connectivity index (χ3v) is 2.66. The first kappa shape index (κ1) is 8.72. The van der Waals surface area contributed by atoms with Crippen molar-refractivity contribution in [1.29, 1.82) is 0 Å².